The van der Waals surface area contributed by atoms with Gasteiger partial charge in [-0.15, -0.1) is 0 Å². The van der Waals surface area contributed by atoms with Gasteiger partial charge in [-0.2, -0.15) is 0 Å². The highest BCUT2D eigenvalue weighted by Gasteiger charge is 2.19. The predicted molar refractivity (Wildman–Crippen MR) is 144 cm³/mol. The minimum absolute atomic E-state index is 0.258. The molecule has 1 nitrogen and oxygen atoms in total. The molecule has 0 saturated carbocycles. The van der Waals surface area contributed by atoms with Crippen molar-refractivity contribution in [1.29, 1.82) is 0 Å². The molecule has 0 aliphatic heterocycles. The third-order valence-corrected chi connectivity index (χ3v) is 7.10. The van der Waals surface area contributed by atoms with E-state index in [1.165, 1.54) is 64.8 Å². The average Bonchev–Trinajstić information content (AvgIpc) is 2.81. The van der Waals surface area contributed by atoms with Gasteiger partial charge >= 0.3 is 0 Å². The molecule has 1 aromatic heterocycles. The van der Waals surface area contributed by atoms with Gasteiger partial charge in [0.05, 0.1) is 5.52 Å². The summed E-state index contributed by atoms with van der Waals surface area (Å²) in [6, 6.07) is 29.4. The molecule has 0 saturated heterocycles. The quantitative estimate of drug-likeness (QED) is 0.190. The van der Waals surface area contributed by atoms with Crippen LogP contribution in [0.25, 0.3) is 64.8 Å². The van der Waals surface area contributed by atoms with E-state index in [9.17, 15) is 0 Å². The Hall–Kier alpha value is -3.71. The summed E-state index contributed by atoms with van der Waals surface area (Å²) in [4.78, 5) is 4.94. The summed E-state index contributed by atoms with van der Waals surface area (Å²) in [5.74, 6) is 0. The number of aromatic nitrogens is 1. The van der Waals surface area contributed by atoms with Gasteiger partial charge in [0.25, 0.3) is 0 Å². The van der Waals surface area contributed by atoms with E-state index >= 15 is 0 Å². The van der Waals surface area contributed by atoms with Crippen molar-refractivity contribution >= 4 is 64.8 Å². The van der Waals surface area contributed by atoms with E-state index in [1.807, 2.05) is 6.20 Å². The van der Waals surface area contributed by atoms with Gasteiger partial charge in [0.1, 0.15) is 0 Å². The van der Waals surface area contributed by atoms with Crippen molar-refractivity contribution in [1.82, 2.24) is 4.98 Å². The highest BCUT2D eigenvalue weighted by Crippen LogP contribution is 2.45. The molecule has 0 spiro atoms. The lowest BCUT2D eigenvalue weighted by molar-refractivity contribution is 0.411. The SMILES string of the molecule is CC(C)(C)Cc1ccc2c(c1)c1cccc3c4cc5ccccc5cc4c4nccc2c4c13. The molecule has 0 atom stereocenters. The second-order valence-corrected chi connectivity index (χ2v) is 10.7. The van der Waals surface area contributed by atoms with Crippen molar-refractivity contribution in [3.05, 3.63) is 90.6 Å². The van der Waals surface area contributed by atoms with Crippen LogP contribution in [0.1, 0.15) is 26.3 Å². The number of nitrogens with zero attached hydrogens (tertiary/aromatic N) is 1. The highest BCUT2D eigenvalue weighted by atomic mass is 14.7. The van der Waals surface area contributed by atoms with Crippen LogP contribution in [0.15, 0.2) is 85.1 Å². The molecule has 7 aromatic rings. The molecule has 33 heavy (non-hydrogen) atoms. The van der Waals surface area contributed by atoms with Crippen LogP contribution in [-0.2, 0) is 6.42 Å². The Morgan fingerprint density at radius 3 is 1.97 bits per heavy atom. The molecule has 158 valence electrons. The van der Waals surface area contributed by atoms with Crippen molar-refractivity contribution < 1.29 is 0 Å². The topological polar surface area (TPSA) is 12.9 Å². The van der Waals surface area contributed by atoms with Gasteiger partial charge in [0.2, 0.25) is 0 Å². The average molecular weight is 424 g/mol. The highest BCUT2D eigenvalue weighted by molar-refractivity contribution is 6.39. The maximum atomic E-state index is 4.94. The van der Waals surface area contributed by atoms with Crippen LogP contribution >= 0.6 is 0 Å². The lowest BCUT2D eigenvalue weighted by Crippen LogP contribution is -2.08. The fourth-order valence-electron chi connectivity index (χ4n) is 5.84. The molecule has 0 amide bonds. The normalized spacial score (nSPS) is 12.8. The fraction of sp³-hybridized carbons (Fsp3) is 0.156. The first-order chi connectivity index (χ1) is 16.0. The van der Waals surface area contributed by atoms with Crippen molar-refractivity contribution in [2.75, 3.05) is 0 Å². The molecule has 0 unspecified atom stereocenters. The smallest absolute Gasteiger partial charge is 0.0793 e. The van der Waals surface area contributed by atoms with E-state index in [0.717, 1.165) is 11.9 Å². The fourth-order valence-corrected chi connectivity index (χ4v) is 5.84. The molecule has 7 rings (SSSR count). The Balaban J connectivity index is 1.73. The summed E-state index contributed by atoms with van der Waals surface area (Å²) in [5.41, 5.74) is 2.77. The molecule has 0 fully saturated rings. The summed E-state index contributed by atoms with van der Waals surface area (Å²) in [7, 11) is 0. The molecule has 0 aliphatic carbocycles. The van der Waals surface area contributed by atoms with Crippen LogP contribution in [-0.4, -0.2) is 4.98 Å². The van der Waals surface area contributed by atoms with Gasteiger partial charge < -0.3 is 0 Å². The second kappa shape index (κ2) is 6.42. The maximum absolute atomic E-state index is 4.94. The molecule has 0 radical (unpaired) electrons. The van der Waals surface area contributed by atoms with Gasteiger partial charge in [0, 0.05) is 22.4 Å². The minimum Gasteiger partial charge on any atom is -0.256 e. The van der Waals surface area contributed by atoms with Crippen molar-refractivity contribution in [2.45, 2.75) is 27.2 Å². The van der Waals surface area contributed by atoms with Gasteiger partial charge in [-0.1, -0.05) is 81.4 Å². The zero-order valence-corrected chi connectivity index (χ0v) is 19.2. The molecule has 1 heterocycles. The number of rotatable bonds is 1. The van der Waals surface area contributed by atoms with Crippen molar-refractivity contribution in [3.63, 3.8) is 0 Å². The summed E-state index contributed by atoms with van der Waals surface area (Å²) in [6.45, 7) is 6.93. The Kier molecular flexibility index (Phi) is 3.66. The van der Waals surface area contributed by atoms with Crippen LogP contribution < -0.4 is 0 Å². The Morgan fingerprint density at radius 1 is 0.576 bits per heavy atom. The van der Waals surface area contributed by atoms with Gasteiger partial charge in [-0.05, 0) is 78.7 Å². The Bertz CT molecular complexity index is 1870. The van der Waals surface area contributed by atoms with Gasteiger partial charge in [-0.25, -0.2) is 0 Å². The first-order valence-electron chi connectivity index (χ1n) is 11.8. The van der Waals surface area contributed by atoms with E-state index in [4.69, 9.17) is 4.98 Å². The first kappa shape index (κ1) is 18.8. The number of benzene rings is 6. The van der Waals surface area contributed by atoms with Gasteiger partial charge in [-0.3, -0.25) is 4.98 Å². The zero-order valence-electron chi connectivity index (χ0n) is 19.2. The molecule has 0 aliphatic rings. The molecular formula is C32H25N. The molecule has 6 aromatic carbocycles. The Morgan fingerprint density at radius 2 is 1.24 bits per heavy atom. The van der Waals surface area contributed by atoms with E-state index in [1.54, 1.807) is 0 Å². The molecular weight excluding hydrogens is 398 g/mol. The number of pyridine rings is 1. The van der Waals surface area contributed by atoms with Gasteiger partial charge in [0.15, 0.2) is 0 Å². The molecule has 0 bridgehead atoms. The van der Waals surface area contributed by atoms with Crippen LogP contribution in [0.5, 0.6) is 0 Å². The molecule has 0 N–H and O–H groups in total. The van der Waals surface area contributed by atoms with Crippen LogP contribution in [0.3, 0.4) is 0 Å². The predicted octanol–water partition coefficient (Wildman–Crippen LogP) is 9.03. The van der Waals surface area contributed by atoms with E-state index in [0.29, 0.717) is 0 Å². The second-order valence-electron chi connectivity index (χ2n) is 10.7. The molecule has 1 heteroatoms. The van der Waals surface area contributed by atoms with Crippen LogP contribution in [0.2, 0.25) is 0 Å². The van der Waals surface area contributed by atoms with E-state index in [2.05, 4.69) is 99.6 Å². The van der Waals surface area contributed by atoms with Crippen LogP contribution in [0.4, 0.5) is 0 Å². The third-order valence-electron chi connectivity index (χ3n) is 7.10. The number of fused-ring (bicyclic) bond motifs is 7. The summed E-state index contributed by atoms with van der Waals surface area (Å²) < 4.78 is 0. The number of hydrogen-bond acceptors (Lipinski definition) is 1. The Labute approximate surface area is 193 Å². The largest absolute Gasteiger partial charge is 0.256 e. The summed E-state index contributed by atoms with van der Waals surface area (Å²) >= 11 is 0. The lowest BCUT2D eigenvalue weighted by Gasteiger charge is -2.20. The number of hydrogen-bond donors (Lipinski definition) is 0. The first-order valence-corrected chi connectivity index (χ1v) is 11.8. The van der Waals surface area contributed by atoms with Crippen LogP contribution in [0, 0.1) is 5.41 Å². The monoisotopic (exact) mass is 423 g/mol. The van der Waals surface area contributed by atoms with Crippen molar-refractivity contribution in [2.24, 2.45) is 5.41 Å². The van der Waals surface area contributed by atoms with Crippen molar-refractivity contribution in [3.8, 4) is 0 Å². The summed E-state index contributed by atoms with van der Waals surface area (Å²) in [5, 5.41) is 14.3. The minimum atomic E-state index is 0.258. The summed E-state index contributed by atoms with van der Waals surface area (Å²) in [6.07, 6.45) is 3.05. The van der Waals surface area contributed by atoms with E-state index < -0.39 is 0 Å². The lowest BCUT2D eigenvalue weighted by atomic mass is 9.84. The maximum Gasteiger partial charge on any atom is 0.0793 e. The van der Waals surface area contributed by atoms with E-state index in [-0.39, 0.29) is 5.41 Å². The zero-order chi connectivity index (χ0) is 22.3. The third kappa shape index (κ3) is 2.69. The standard InChI is InChI=1S/C32H25N/c1-32(2,3)18-19-11-12-22-25-13-14-33-31-28-17-21-8-5-4-7-20(21)16-27(28)24-10-6-9-23(26(22)15-19)29(24)30(25)31/h4-17H,18H2,1-3H3.